The number of benzene rings is 2. The Bertz CT molecular complexity index is 1020. The molecule has 0 amide bonds. The molecule has 2 unspecified atom stereocenters. The van der Waals surface area contributed by atoms with Gasteiger partial charge in [0.2, 0.25) is 0 Å². The van der Waals surface area contributed by atoms with Gasteiger partial charge < -0.3 is 19.7 Å². The van der Waals surface area contributed by atoms with Gasteiger partial charge >= 0.3 is 11.9 Å². The molecule has 1 saturated heterocycles. The van der Waals surface area contributed by atoms with Crippen LogP contribution in [0.25, 0.3) is 0 Å². The molecule has 2 N–H and O–H groups in total. The fraction of sp³-hybridized carbons (Fsp3) is 0.385. The van der Waals surface area contributed by atoms with E-state index >= 15 is 0 Å². The zero-order chi connectivity index (χ0) is 26.2. The fourth-order valence-electron chi connectivity index (χ4n) is 3.80. The first-order chi connectivity index (χ1) is 17.2. The van der Waals surface area contributed by atoms with Crippen molar-refractivity contribution in [3.8, 4) is 11.5 Å². The number of carbonyl (C=O) groups is 4. The molecule has 1 heterocycles. The molecule has 0 radical (unpaired) electrons. The Balaban J connectivity index is 1.53. The van der Waals surface area contributed by atoms with Crippen LogP contribution in [0.5, 0.6) is 11.5 Å². The average molecular weight is 499 g/mol. The van der Waals surface area contributed by atoms with E-state index in [2.05, 4.69) is 0 Å². The second-order valence-corrected chi connectivity index (χ2v) is 8.64. The molecular weight excluding hydrogens is 468 g/mol. The molecule has 2 atom stereocenters. The average Bonchev–Trinajstić information content (AvgIpc) is 2.84. The van der Waals surface area contributed by atoms with Gasteiger partial charge in [-0.1, -0.05) is 24.3 Å². The molecule has 1 aliphatic heterocycles. The Labute approximate surface area is 209 Å². The molecule has 0 spiro atoms. The maximum atomic E-state index is 12.4. The lowest BCUT2D eigenvalue weighted by molar-refractivity contribution is -0.128. The minimum Gasteiger partial charge on any atom is -0.507 e. The number of phenols is 2. The van der Waals surface area contributed by atoms with Crippen LogP contribution in [0.15, 0.2) is 48.5 Å². The maximum Gasteiger partial charge on any atom is 0.342 e. The summed E-state index contributed by atoms with van der Waals surface area (Å²) < 4.78 is 10.7. The normalized spacial score (nSPS) is 16.1. The Kier molecular flexibility index (Phi) is 9.15. The van der Waals surface area contributed by atoms with Crippen LogP contribution in [-0.2, 0) is 19.1 Å². The van der Waals surface area contributed by atoms with E-state index in [9.17, 15) is 29.4 Å². The van der Waals surface area contributed by atoms with Gasteiger partial charge in [0.1, 0.15) is 22.6 Å². The first kappa shape index (κ1) is 26.8. The van der Waals surface area contributed by atoms with Crippen molar-refractivity contribution in [2.75, 3.05) is 39.3 Å². The maximum absolute atomic E-state index is 12.4. The van der Waals surface area contributed by atoms with Crippen molar-refractivity contribution < 1.29 is 38.9 Å². The summed E-state index contributed by atoms with van der Waals surface area (Å²) in [6, 6.07) is 11.9. The minimum absolute atomic E-state index is 0.0118. The molecule has 0 bridgehead atoms. The van der Waals surface area contributed by atoms with Gasteiger partial charge in [-0.3, -0.25) is 19.4 Å². The van der Waals surface area contributed by atoms with Crippen LogP contribution >= 0.6 is 0 Å². The number of aromatic hydroxyl groups is 2. The van der Waals surface area contributed by atoms with Crippen molar-refractivity contribution in [3.63, 3.8) is 0 Å². The highest BCUT2D eigenvalue weighted by atomic mass is 16.6. The molecule has 2 aromatic rings. The third-order valence-electron chi connectivity index (χ3n) is 5.97. The number of piperazine rings is 1. The number of esters is 2. The van der Waals surface area contributed by atoms with Crippen LogP contribution in [0.1, 0.15) is 34.6 Å². The van der Waals surface area contributed by atoms with Crippen molar-refractivity contribution >= 4 is 23.5 Å². The number of ether oxygens (including phenoxy) is 2. The van der Waals surface area contributed by atoms with Crippen LogP contribution in [-0.4, -0.2) is 95.0 Å². The molecule has 0 aliphatic carbocycles. The highest BCUT2D eigenvalue weighted by molar-refractivity contribution is 5.95. The van der Waals surface area contributed by atoms with Crippen molar-refractivity contribution in [3.05, 3.63) is 59.7 Å². The number of hydrogen-bond donors (Lipinski definition) is 2. The summed E-state index contributed by atoms with van der Waals surface area (Å²) in [5.41, 5.74) is -0.0237. The quantitative estimate of drug-likeness (QED) is 0.466. The number of hydrogen-bond acceptors (Lipinski definition) is 10. The second kappa shape index (κ2) is 12.3. The van der Waals surface area contributed by atoms with Crippen molar-refractivity contribution in [2.24, 2.45) is 0 Å². The van der Waals surface area contributed by atoms with Gasteiger partial charge in [0.25, 0.3) is 0 Å². The Morgan fingerprint density at radius 1 is 0.694 bits per heavy atom. The highest BCUT2D eigenvalue weighted by Crippen LogP contribution is 2.19. The standard InChI is InChI=1S/C26H30N2O8/c1-17(29)23(35-25(33)19-7-3-5-9-21(19)31)15-27-11-13-28(14-12-27)16-24(18(2)30)36-26(34)20-8-4-6-10-22(20)32/h3-10,23-24,31-32H,11-16H2,1-2H3. The van der Waals surface area contributed by atoms with Crippen molar-refractivity contribution in [2.45, 2.75) is 26.1 Å². The summed E-state index contributed by atoms with van der Waals surface area (Å²) in [6.45, 7) is 5.23. The van der Waals surface area contributed by atoms with Gasteiger partial charge in [0.15, 0.2) is 23.8 Å². The smallest absolute Gasteiger partial charge is 0.342 e. The molecule has 0 aromatic heterocycles. The third-order valence-corrected chi connectivity index (χ3v) is 5.97. The van der Waals surface area contributed by atoms with Gasteiger partial charge in [0.05, 0.1) is 0 Å². The summed E-state index contributed by atoms with van der Waals surface area (Å²) >= 11 is 0. The Hall–Kier alpha value is -3.76. The third kappa shape index (κ3) is 7.12. The number of phenolic OH excluding ortho intramolecular Hbond substituents is 2. The zero-order valence-corrected chi connectivity index (χ0v) is 20.3. The molecule has 10 heteroatoms. The first-order valence-electron chi connectivity index (χ1n) is 11.6. The van der Waals surface area contributed by atoms with E-state index in [-0.39, 0.29) is 47.3 Å². The van der Waals surface area contributed by atoms with Gasteiger partial charge in [-0.15, -0.1) is 0 Å². The predicted octanol–water partition coefficient (Wildman–Crippen LogP) is 1.64. The summed E-state index contributed by atoms with van der Waals surface area (Å²) in [5.74, 6) is -2.61. The molecule has 3 rings (SSSR count). The molecule has 1 aliphatic rings. The number of Topliss-reactive ketones (excluding diaryl/α,β-unsaturated/α-hetero) is 2. The second-order valence-electron chi connectivity index (χ2n) is 8.64. The Morgan fingerprint density at radius 2 is 1.03 bits per heavy atom. The van der Waals surface area contributed by atoms with Crippen LogP contribution in [0.4, 0.5) is 0 Å². The van der Waals surface area contributed by atoms with Crippen LogP contribution in [0.3, 0.4) is 0 Å². The molecule has 0 saturated carbocycles. The van der Waals surface area contributed by atoms with Crippen molar-refractivity contribution in [1.82, 2.24) is 9.80 Å². The number of carbonyl (C=O) groups excluding carboxylic acids is 4. The summed E-state index contributed by atoms with van der Waals surface area (Å²) in [7, 11) is 0. The zero-order valence-electron chi connectivity index (χ0n) is 20.3. The lowest BCUT2D eigenvalue weighted by atomic mass is 10.1. The van der Waals surface area contributed by atoms with Crippen LogP contribution in [0, 0.1) is 0 Å². The number of ketones is 2. The molecule has 192 valence electrons. The fourth-order valence-corrected chi connectivity index (χ4v) is 3.80. The van der Waals surface area contributed by atoms with E-state index in [1.165, 1.54) is 38.1 Å². The monoisotopic (exact) mass is 498 g/mol. The van der Waals surface area contributed by atoms with E-state index in [0.717, 1.165) is 0 Å². The largest absolute Gasteiger partial charge is 0.507 e. The van der Waals surface area contributed by atoms with Gasteiger partial charge in [-0.25, -0.2) is 9.59 Å². The SMILES string of the molecule is CC(=O)C(CN1CCN(CC(OC(=O)c2ccccc2O)C(C)=O)CC1)OC(=O)c1ccccc1O. The number of para-hydroxylation sites is 2. The lowest BCUT2D eigenvalue weighted by Gasteiger charge is -2.36. The van der Waals surface area contributed by atoms with Gasteiger partial charge in [-0.2, -0.15) is 0 Å². The highest BCUT2D eigenvalue weighted by Gasteiger charge is 2.29. The molecule has 36 heavy (non-hydrogen) atoms. The van der Waals surface area contributed by atoms with Crippen molar-refractivity contribution in [1.29, 1.82) is 0 Å². The molecule has 10 nitrogen and oxygen atoms in total. The summed E-state index contributed by atoms with van der Waals surface area (Å²) in [6.07, 6.45) is -1.98. The van der Waals surface area contributed by atoms with E-state index < -0.39 is 24.1 Å². The van der Waals surface area contributed by atoms with Crippen LogP contribution in [0.2, 0.25) is 0 Å². The minimum atomic E-state index is -0.992. The summed E-state index contributed by atoms with van der Waals surface area (Å²) in [4.78, 5) is 53.0. The summed E-state index contributed by atoms with van der Waals surface area (Å²) in [5, 5.41) is 19.7. The lowest BCUT2D eigenvalue weighted by Crippen LogP contribution is -2.52. The van der Waals surface area contributed by atoms with E-state index in [4.69, 9.17) is 9.47 Å². The first-order valence-corrected chi connectivity index (χ1v) is 11.6. The molecular formula is C26H30N2O8. The predicted molar refractivity (Wildman–Crippen MR) is 129 cm³/mol. The topological polar surface area (TPSA) is 134 Å². The van der Waals surface area contributed by atoms with Gasteiger partial charge in [-0.05, 0) is 38.1 Å². The Morgan fingerprint density at radius 3 is 1.33 bits per heavy atom. The molecule has 2 aromatic carbocycles. The molecule has 1 fully saturated rings. The number of rotatable bonds is 10. The van der Waals surface area contributed by atoms with E-state index in [1.54, 1.807) is 24.3 Å². The van der Waals surface area contributed by atoms with E-state index in [1.807, 2.05) is 9.80 Å². The van der Waals surface area contributed by atoms with E-state index in [0.29, 0.717) is 26.2 Å². The number of nitrogens with zero attached hydrogens (tertiary/aromatic N) is 2. The van der Waals surface area contributed by atoms with Gasteiger partial charge in [0, 0.05) is 39.3 Å². The van der Waals surface area contributed by atoms with Crippen LogP contribution < -0.4 is 0 Å².